The van der Waals surface area contributed by atoms with E-state index in [-0.39, 0.29) is 0 Å². The summed E-state index contributed by atoms with van der Waals surface area (Å²) < 4.78 is 5.39. The molecule has 3 heteroatoms. The van der Waals surface area contributed by atoms with Crippen molar-refractivity contribution in [1.29, 1.82) is 0 Å². The van der Waals surface area contributed by atoms with Gasteiger partial charge in [-0.2, -0.15) is 0 Å². The quantitative estimate of drug-likeness (QED) is 0.856. The molecule has 0 aromatic rings. The molecule has 2 N–H and O–H groups in total. The number of nitrogens with two attached hydrogens (primary N) is 1. The van der Waals surface area contributed by atoms with E-state index in [0.717, 1.165) is 42.7 Å². The monoisotopic (exact) mass is 278 g/mol. The van der Waals surface area contributed by atoms with E-state index < -0.39 is 0 Å². The van der Waals surface area contributed by atoms with Crippen molar-refractivity contribution in [3.8, 4) is 0 Å². The average Bonchev–Trinajstić information content (AvgIpc) is 2.88. The summed E-state index contributed by atoms with van der Waals surface area (Å²) in [7, 11) is 1.84. The summed E-state index contributed by atoms with van der Waals surface area (Å²) in [6, 6.07) is 0. The number of hydrogen-bond acceptors (Lipinski definition) is 3. The number of hydrogen-bond donors (Lipinski definition) is 1. The highest BCUT2D eigenvalue weighted by molar-refractivity contribution is 5.13. The van der Waals surface area contributed by atoms with E-state index in [0.29, 0.717) is 5.54 Å². The fraction of sp³-hybridized carbons (Fsp3) is 1.00. The van der Waals surface area contributed by atoms with Gasteiger partial charge in [0.15, 0.2) is 0 Å². The minimum absolute atomic E-state index is 0.357. The zero-order valence-corrected chi connectivity index (χ0v) is 12.9. The molecule has 5 fully saturated rings. The molecule has 1 atom stereocenters. The minimum Gasteiger partial charge on any atom is -0.384 e. The molecule has 3 nitrogen and oxygen atoms in total. The molecule has 0 spiro atoms. The van der Waals surface area contributed by atoms with Gasteiger partial charge in [-0.15, -0.1) is 0 Å². The lowest BCUT2D eigenvalue weighted by atomic mass is 9.48. The van der Waals surface area contributed by atoms with Gasteiger partial charge in [-0.1, -0.05) is 0 Å². The molecule has 5 rings (SSSR count). The molecular weight excluding hydrogens is 248 g/mol. The molecule has 0 amide bonds. The highest BCUT2D eigenvalue weighted by Crippen LogP contribution is 2.60. The van der Waals surface area contributed by atoms with Crippen LogP contribution in [-0.4, -0.2) is 43.8 Å². The van der Waals surface area contributed by atoms with Crippen molar-refractivity contribution < 1.29 is 4.74 Å². The fourth-order valence-electron chi connectivity index (χ4n) is 6.56. The second-order valence-corrected chi connectivity index (χ2v) is 8.06. The molecule has 1 saturated heterocycles. The normalized spacial score (nSPS) is 51.0. The van der Waals surface area contributed by atoms with Crippen LogP contribution in [0.15, 0.2) is 0 Å². The lowest BCUT2D eigenvalue weighted by Crippen LogP contribution is -2.68. The number of rotatable bonds is 4. The smallest absolute Gasteiger partial charge is 0.0503 e. The van der Waals surface area contributed by atoms with Crippen LogP contribution in [0.5, 0.6) is 0 Å². The second-order valence-electron chi connectivity index (χ2n) is 8.06. The van der Waals surface area contributed by atoms with E-state index in [9.17, 15) is 0 Å². The highest BCUT2D eigenvalue weighted by Gasteiger charge is 2.59. The summed E-state index contributed by atoms with van der Waals surface area (Å²) in [6.45, 7) is 4.31. The lowest BCUT2D eigenvalue weighted by Gasteiger charge is -2.64. The predicted molar refractivity (Wildman–Crippen MR) is 80.4 cm³/mol. The SMILES string of the molecule is COCC1CCN(C2(CN)C3CC4CC(C3)CC2C4)C1. The molecular formula is C17H30N2O. The Morgan fingerprint density at radius 1 is 1.10 bits per heavy atom. The van der Waals surface area contributed by atoms with Crippen molar-refractivity contribution in [1.82, 2.24) is 4.90 Å². The Labute approximate surface area is 123 Å². The van der Waals surface area contributed by atoms with Crippen molar-refractivity contribution in [3.63, 3.8) is 0 Å². The summed E-state index contributed by atoms with van der Waals surface area (Å²) in [4.78, 5) is 2.81. The van der Waals surface area contributed by atoms with Crippen LogP contribution in [0.2, 0.25) is 0 Å². The fourth-order valence-corrected chi connectivity index (χ4v) is 6.56. The number of nitrogens with zero attached hydrogens (tertiary/aromatic N) is 1. The molecule has 114 valence electrons. The maximum absolute atomic E-state index is 6.42. The van der Waals surface area contributed by atoms with Gasteiger partial charge in [-0.25, -0.2) is 0 Å². The third-order valence-electron chi connectivity index (χ3n) is 7.16. The number of ether oxygens (including phenoxy) is 1. The largest absolute Gasteiger partial charge is 0.384 e. The first kappa shape index (κ1) is 13.5. The van der Waals surface area contributed by atoms with Gasteiger partial charge in [0, 0.05) is 25.7 Å². The van der Waals surface area contributed by atoms with Crippen LogP contribution >= 0.6 is 0 Å². The van der Waals surface area contributed by atoms with E-state index in [1.54, 1.807) is 0 Å². The van der Waals surface area contributed by atoms with Gasteiger partial charge in [0.2, 0.25) is 0 Å². The molecule has 4 bridgehead atoms. The van der Waals surface area contributed by atoms with Crippen LogP contribution in [0.3, 0.4) is 0 Å². The Morgan fingerprint density at radius 2 is 1.75 bits per heavy atom. The van der Waals surface area contributed by atoms with Gasteiger partial charge in [0.05, 0.1) is 6.61 Å². The van der Waals surface area contributed by atoms with Crippen molar-refractivity contribution >= 4 is 0 Å². The minimum atomic E-state index is 0.357. The van der Waals surface area contributed by atoms with Crippen LogP contribution in [0.25, 0.3) is 0 Å². The Balaban J connectivity index is 1.57. The van der Waals surface area contributed by atoms with Crippen molar-refractivity contribution in [3.05, 3.63) is 0 Å². The van der Waals surface area contributed by atoms with E-state index in [2.05, 4.69) is 4.90 Å². The van der Waals surface area contributed by atoms with Gasteiger partial charge in [-0.3, -0.25) is 4.90 Å². The molecule has 0 aromatic carbocycles. The van der Waals surface area contributed by atoms with E-state index in [1.807, 2.05) is 7.11 Å². The molecule has 1 heterocycles. The van der Waals surface area contributed by atoms with Gasteiger partial charge in [0.1, 0.15) is 0 Å². The van der Waals surface area contributed by atoms with Crippen molar-refractivity contribution in [2.24, 2.45) is 35.3 Å². The Hall–Kier alpha value is -0.120. The first-order chi connectivity index (χ1) is 9.76. The van der Waals surface area contributed by atoms with Gasteiger partial charge >= 0.3 is 0 Å². The predicted octanol–water partition coefficient (Wildman–Crippen LogP) is 2.11. The van der Waals surface area contributed by atoms with Gasteiger partial charge < -0.3 is 10.5 Å². The zero-order chi connectivity index (χ0) is 13.7. The second kappa shape index (κ2) is 4.96. The van der Waals surface area contributed by atoms with Gasteiger partial charge in [-0.05, 0) is 74.7 Å². The Bertz CT molecular complexity index is 342. The van der Waals surface area contributed by atoms with Crippen LogP contribution in [0.1, 0.15) is 38.5 Å². The molecule has 0 aromatic heterocycles. The third-order valence-corrected chi connectivity index (χ3v) is 7.16. The van der Waals surface area contributed by atoms with E-state index in [4.69, 9.17) is 10.5 Å². The summed E-state index contributed by atoms with van der Waals surface area (Å²) in [6.07, 6.45) is 8.71. The van der Waals surface area contributed by atoms with E-state index >= 15 is 0 Å². The number of methoxy groups -OCH3 is 1. The molecule has 4 saturated carbocycles. The first-order valence-corrected chi connectivity index (χ1v) is 8.70. The number of likely N-dealkylation sites (tertiary alicyclic amines) is 1. The Morgan fingerprint density at radius 3 is 2.30 bits per heavy atom. The maximum atomic E-state index is 6.42. The molecule has 0 radical (unpaired) electrons. The molecule has 1 aliphatic heterocycles. The molecule has 20 heavy (non-hydrogen) atoms. The summed E-state index contributed by atoms with van der Waals surface area (Å²) in [5, 5.41) is 0. The topological polar surface area (TPSA) is 38.5 Å². The molecule has 5 aliphatic rings. The molecule has 1 unspecified atom stereocenters. The summed E-state index contributed by atoms with van der Waals surface area (Å²) >= 11 is 0. The van der Waals surface area contributed by atoms with Crippen LogP contribution < -0.4 is 5.73 Å². The highest BCUT2D eigenvalue weighted by atomic mass is 16.5. The lowest BCUT2D eigenvalue weighted by molar-refractivity contribution is -0.125. The van der Waals surface area contributed by atoms with Crippen LogP contribution in [0, 0.1) is 29.6 Å². The van der Waals surface area contributed by atoms with Crippen molar-refractivity contribution in [2.75, 3.05) is 33.4 Å². The van der Waals surface area contributed by atoms with E-state index in [1.165, 1.54) is 51.6 Å². The maximum Gasteiger partial charge on any atom is 0.0503 e. The summed E-state index contributed by atoms with van der Waals surface area (Å²) in [5.74, 6) is 4.60. The van der Waals surface area contributed by atoms with Gasteiger partial charge in [0.25, 0.3) is 0 Å². The van der Waals surface area contributed by atoms with Crippen molar-refractivity contribution in [2.45, 2.75) is 44.1 Å². The molecule has 4 aliphatic carbocycles. The standard InChI is InChI=1S/C17H30N2O/c1-20-10-12-2-3-19(9-12)17(11-18)15-5-13-4-14(7-15)8-16(17)6-13/h12-16H,2-11,18H2,1H3. The third kappa shape index (κ3) is 1.82. The average molecular weight is 278 g/mol. The Kier molecular flexibility index (Phi) is 3.36. The zero-order valence-electron chi connectivity index (χ0n) is 12.9. The first-order valence-electron chi connectivity index (χ1n) is 8.70. The van der Waals surface area contributed by atoms with Crippen LogP contribution in [0.4, 0.5) is 0 Å². The van der Waals surface area contributed by atoms with Crippen LogP contribution in [-0.2, 0) is 4.74 Å². The summed E-state index contributed by atoms with van der Waals surface area (Å²) in [5.41, 5.74) is 6.77.